The molecule has 2 aliphatic heterocycles. The molecule has 77 heavy (non-hydrogen) atoms. The maximum atomic E-state index is 13.1. The number of hydrogen-bond acceptors (Lipinski definition) is 14. The molecule has 7 N–H and O–H groups in total. The molecule has 0 aliphatic carbocycles. The fraction of sp³-hybridized carbons (Fsp3) is 0.825. The first kappa shape index (κ1) is 70.8. The summed E-state index contributed by atoms with van der Waals surface area (Å²) in [4.78, 5) is 13.1. The van der Waals surface area contributed by atoms with Crippen LogP contribution in [0.1, 0.15) is 232 Å². The minimum atomic E-state index is -1.71. The third kappa shape index (κ3) is 35.9. The number of hydrogen-bond donors (Lipinski definition) is 7. The number of rotatable bonds is 50. The van der Waals surface area contributed by atoms with Gasteiger partial charge in [-0.15, -0.1) is 0 Å². The van der Waals surface area contributed by atoms with Crippen molar-refractivity contribution in [2.24, 2.45) is 0 Å². The van der Waals surface area contributed by atoms with Crippen molar-refractivity contribution >= 4 is 5.97 Å². The molecule has 0 aromatic heterocycles. The molecular weight excluding hydrogens is 981 g/mol. The van der Waals surface area contributed by atoms with Crippen molar-refractivity contribution < 1.29 is 69.0 Å². The predicted molar refractivity (Wildman–Crippen MR) is 307 cm³/mol. The van der Waals surface area contributed by atoms with E-state index in [1.165, 1.54) is 141 Å². The number of aliphatic hydroxyl groups is 7. The Morgan fingerprint density at radius 3 is 1.29 bits per heavy atom. The number of carbonyl (C=O) groups excluding carboxylic acids is 1. The highest BCUT2D eigenvalue weighted by atomic mass is 16.7. The van der Waals surface area contributed by atoms with Crippen LogP contribution in [0.3, 0.4) is 0 Å². The molecule has 2 saturated heterocycles. The van der Waals surface area contributed by atoms with Gasteiger partial charge in [0.2, 0.25) is 0 Å². The number of ether oxygens (including phenoxy) is 6. The predicted octanol–water partition coefficient (Wildman–Crippen LogP) is 11.6. The molecule has 2 fully saturated rings. The number of esters is 1. The van der Waals surface area contributed by atoms with Gasteiger partial charge in [-0.3, -0.25) is 4.79 Å². The second kappa shape index (κ2) is 49.5. The first-order chi connectivity index (χ1) is 37.6. The van der Waals surface area contributed by atoms with Gasteiger partial charge in [0, 0.05) is 13.0 Å². The van der Waals surface area contributed by atoms with E-state index in [1.807, 2.05) is 0 Å². The lowest BCUT2D eigenvalue weighted by Gasteiger charge is -2.42. The van der Waals surface area contributed by atoms with Gasteiger partial charge in [-0.2, -0.15) is 0 Å². The Morgan fingerprint density at radius 1 is 0.429 bits per heavy atom. The van der Waals surface area contributed by atoms with Gasteiger partial charge in [0.15, 0.2) is 12.6 Å². The Morgan fingerprint density at radius 2 is 0.805 bits per heavy atom. The van der Waals surface area contributed by atoms with E-state index in [9.17, 15) is 40.5 Å². The Labute approximate surface area is 466 Å². The molecule has 2 rings (SSSR count). The molecule has 2 aliphatic rings. The van der Waals surface area contributed by atoms with Crippen LogP contribution in [0.2, 0.25) is 0 Å². The molecular formula is C63H112O14. The van der Waals surface area contributed by atoms with Gasteiger partial charge in [0.05, 0.1) is 26.4 Å². The average molecular weight is 1090 g/mol. The van der Waals surface area contributed by atoms with Gasteiger partial charge in [0.1, 0.15) is 54.9 Å². The van der Waals surface area contributed by atoms with Gasteiger partial charge < -0.3 is 64.2 Å². The second-order valence-electron chi connectivity index (χ2n) is 21.5. The summed E-state index contributed by atoms with van der Waals surface area (Å²) in [6.45, 7) is 3.65. The van der Waals surface area contributed by atoms with Crippen LogP contribution in [0.15, 0.2) is 60.8 Å². The minimum Gasteiger partial charge on any atom is -0.457 e. The lowest BCUT2D eigenvalue weighted by molar-refractivity contribution is -0.332. The third-order valence-electron chi connectivity index (χ3n) is 14.5. The van der Waals surface area contributed by atoms with Gasteiger partial charge >= 0.3 is 5.97 Å². The SMILES string of the molecule is CCCCC/C=C\C/C=C\C/C=C\CCCCCCCCCOCC(COC1OC(COC2OC(CO)C(O)C(O)C2O)C(O)C(O)C1O)OC(=O)CCCCCCCCCCCCC/C=C\C/C=C\CCCCCCC. The molecule has 0 bridgehead atoms. The first-order valence-corrected chi connectivity index (χ1v) is 30.9. The molecule has 0 aromatic carbocycles. The van der Waals surface area contributed by atoms with E-state index >= 15 is 0 Å². The Hall–Kier alpha value is -2.31. The number of unbranched alkanes of at least 4 members (excludes halogenated alkanes) is 26. The topological polar surface area (TPSA) is 214 Å². The Balaban J connectivity index is 1.70. The van der Waals surface area contributed by atoms with Gasteiger partial charge in [-0.05, 0) is 83.5 Å². The summed E-state index contributed by atoms with van der Waals surface area (Å²) in [7, 11) is 0. The van der Waals surface area contributed by atoms with Gasteiger partial charge in [-0.25, -0.2) is 0 Å². The smallest absolute Gasteiger partial charge is 0.306 e. The van der Waals surface area contributed by atoms with Crippen molar-refractivity contribution in [3.05, 3.63) is 60.8 Å². The van der Waals surface area contributed by atoms with Gasteiger partial charge in [0.25, 0.3) is 0 Å². The van der Waals surface area contributed by atoms with Crippen molar-refractivity contribution in [3.8, 4) is 0 Å². The molecule has 11 atom stereocenters. The molecule has 2 heterocycles. The number of carbonyl (C=O) groups is 1. The zero-order chi connectivity index (χ0) is 55.8. The van der Waals surface area contributed by atoms with E-state index in [0.717, 1.165) is 64.2 Å². The van der Waals surface area contributed by atoms with Crippen LogP contribution in [-0.4, -0.2) is 142 Å². The van der Waals surface area contributed by atoms with E-state index < -0.39 is 80.7 Å². The Kier molecular flexibility index (Phi) is 45.5. The van der Waals surface area contributed by atoms with E-state index in [1.54, 1.807) is 0 Å². The highest BCUT2D eigenvalue weighted by molar-refractivity contribution is 5.69. The van der Waals surface area contributed by atoms with E-state index in [2.05, 4.69) is 74.6 Å². The molecule has 0 spiro atoms. The molecule has 0 aromatic rings. The summed E-state index contributed by atoms with van der Waals surface area (Å²) < 4.78 is 34.4. The molecule has 448 valence electrons. The number of aliphatic hydroxyl groups excluding tert-OH is 7. The summed E-state index contributed by atoms with van der Waals surface area (Å²) in [5.74, 6) is -0.381. The van der Waals surface area contributed by atoms with Crippen LogP contribution in [0.25, 0.3) is 0 Å². The standard InChI is InChI=1S/C63H112O14/c1-3-5-7-9-11-13-15-17-19-21-23-25-26-27-28-30-32-34-36-38-40-42-44-46-55(65)75-52(49-72-47-45-43-41-39-37-35-33-31-29-24-22-20-18-16-14-12-10-8-6-4-2)50-73-62-61(71)59(69)57(67)54(77-62)51-74-63-60(70)58(68)56(66)53(48-64)76-63/h12,14-15,17-18,20-21,23-24,29,52-54,56-64,66-71H,3-11,13,16,19,22,25-28,30-51H2,1-2H3/b14-12-,17-15-,20-18-,23-21-,29-24-. The fourth-order valence-corrected chi connectivity index (χ4v) is 9.50. The van der Waals surface area contributed by atoms with Crippen LogP contribution in [0.5, 0.6) is 0 Å². The summed E-state index contributed by atoms with van der Waals surface area (Å²) in [6, 6.07) is 0. The van der Waals surface area contributed by atoms with Crippen molar-refractivity contribution in [2.75, 3.05) is 33.0 Å². The molecule has 0 amide bonds. The quantitative estimate of drug-likeness (QED) is 0.0172. The van der Waals surface area contributed by atoms with Crippen molar-refractivity contribution in [3.63, 3.8) is 0 Å². The summed E-state index contributed by atoms with van der Waals surface area (Å²) in [5.41, 5.74) is 0. The summed E-state index contributed by atoms with van der Waals surface area (Å²) in [6.07, 6.45) is 45.6. The average Bonchev–Trinajstić information content (AvgIpc) is 3.43. The maximum Gasteiger partial charge on any atom is 0.306 e. The molecule has 0 radical (unpaired) electrons. The van der Waals surface area contributed by atoms with Crippen molar-refractivity contribution in [1.82, 2.24) is 0 Å². The van der Waals surface area contributed by atoms with Crippen LogP contribution in [0, 0.1) is 0 Å². The second-order valence-corrected chi connectivity index (χ2v) is 21.5. The molecule has 14 heteroatoms. The largest absolute Gasteiger partial charge is 0.457 e. The highest BCUT2D eigenvalue weighted by Crippen LogP contribution is 2.27. The monoisotopic (exact) mass is 1090 g/mol. The third-order valence-corrected chi connectivity index (χ3v) is 14.5. The van der Waals surface area contributed by atoms with Crippen LogP contribution >= 0.6 is 0 Å². The normalized spacial score (nSPS) is 24.7. The molecule has 14 nitrogen and oxygen atoms in total. The first-order valence-electron chi connectivity index (χ1n) is 30.9. The van der Waals surface area contributed by atoms with Crippen LogP contribution in [0.4, 0.5) is 0 Å². The van der Waals surface area contributed by atoms with E-state index in [0.29, 0.717) is 13.0 Å². The van der Waals surface area contributed by atoms with Gasteiger partial charge in [-0.1, -0.05) is 203 Å². The molecule has 0 saturated carbocycles. The van der Waals surface area contributed by atoms with E-state index in [4.69, 9.17) is 28.4 Å². The number of allylic oxidation sites excluding steroid dienone is 10. The van der Waals surface area contributed by atoms with Crippen molar-refractivity contribution in [1.29, 1.82) is 0 Å². The zero-order valence-corrected chi connectivity index (χ0v) is 48.2. The maximum absolute atomic E-state index is 13.1. The van der Waals surface area contributed by atoms with Crippen LogP contribution < -0.4 is 0 Å². The Bertz CT molecular complexity index is 1500. The minimum absolute atomic E-state index is 0.0527. The molecule has 11 unspecified atom stereocenters. The summed E-state index contributed by atoms with van der Waals surface area (Å²) in [5, 5.41) is 72.4. The highest BCUT2D eigenvalue weighted by Gasteiger charge is 2.47. The van der Waals surface area contributed by atoms with E-state index in [-0.39, 0.29) is 25.6 Å². The lowest BCUT2D eigenvalue weighted by Crippen LogP contribution is -2.61. The lowest BCUT2D eigenvalue weighted by atomic mass is 9.98. The fourth-order valence-electron chi connectivity index (χ4n) is 9.50. The van der Waals surface area contributed by atoms with Crippen molar-refractivity contribution in [2.45, 2.75) is 300 Å². The zero-order valence-electron chi connectivity index (χ0n) is 48.2. The van der Waals surface area contributed by atoms with Crippen LogP contribution in [-0.2, 0) is 33.2 Å². The summed E-state index contributed by atoms with van der Waals surface area (Å²) >= 11 is 0.